The molecule has 2 unspecified atom stereocenters. The van der Waals surface area contributed by atoms with Crippen molar-refractivity contribution in [3.8, 4) is 0 Å². The highest BCUT2D eigenvalue weighted by molar-refractivity contribution is 9.10. The first kappa shape index (κ1) is 14.4. The zero-order chi connectivity index (χ0) is 12.8. The summed E-state index contributed by atoms with van der Waals surface area (Å²) in [6, 6.07) is 8.12. The van der Waals surface area contributed by atoms with E-state index in [-0.39, 0.29) is 6.10 Å². The Kier molecular flexibility index (Phi) is 6.02. The predicted octanol–water partition coefficient (Wildman–Crippen LogP) is 3.86. The van der Waals surface area contributed by atoms with E-state index in [1.165, 1.54) is 11.3 Å². The van der Waals surface area contributed by atoms with Crippen LogP contribution in [0.25, 0.3) is 0 Å². The van der Waals surface area contributed by atoms with Crippen molar-refractivity contribution in [1.29, 1.82) is 0 Å². The fourth-order valence-electron chi connectivity index (χ4n) is 2.08. The van der Waals surface area contributed by atoms with Crippen LogP contribution in [0.1, 0.15) is 25.7 Å². The highest BCUT2D eigenvalue weighted by Gasteiger charge is 2.17. The van der Waals surface area contributed by atoms with Gasteiger partial charge in [0.15, 0.2) is 0 Å². The monoisotopic (exact) mass is 330 g/mol. The summed E-state index contributed by atoms with van der Waals surface area (Å²) in [4.78, 5) is 1.19. The maximum absolute atomic E-state index is 9.97. The number of aliphatic hydroxyl groups is 1. The molecule has 2 nitrogen and oxygen atoms in total. The fraction of sp³-hybridized carbons (Fsp3) is 0.571. The molecule has 1 aliphatic heterocycles. The van der Waals surface area contributed by atoms with Gasteiger partial charge < -0.3 is 9.84 Å². The van der Waals surface area contributed by atoms with Gasteiger partial charge in [-0.1, -0.05) is 12.1 Å². The van der Waals surface area contributed by atoms with E-state index in [0.717, 1.165) is 36.1 Å². The standard InChI is InChI=1S/C14H19BrO2S/c15-13-5-1-2-6-14(13)18-10-11(16)7-8-12-4-3-9-17-12/h1-2,5-6,11-12,16H,3-4,7-10H2. The molecule has 2 rings (SSSR count). The van der Waals surface area contributed by atoms with Crippen LogP contribution in [-0.2, 0) is 4.74 Å². The maximum atomic E-state index is 9.97. The van der Waals surface area contributed by atoms with Gasteiger partial charge in [0.1, 0.15) is 0 Å². The van der Waals surface area contributed by atoms with Crippen LogP contribution < -0.4 is 0 Å². The number of benzene rings is 1. The zero-order valence-electron chi connectivity index (χ0n) is 10.3. The first-order chi connectivity index (χ1) is 8.75. The summed E-state index contributed by atoms with van der Waals surface area (Å²) in [5.74, 6) is 0.745. The molecular weight excluding hydrogens is 312 g/mol. The first-order valence-electron chi connectivity index (χ1n) is 6.42. The highest BCUT2D eigenvalue weighted by Crippen LogP contribution is 2.28. The number of hydrogen-bond donors (Lipinski definition) is 1. The molecule has 1 N–H and O–H groups in total. The van der Waals surface area contributed by atoms with Gasteiger partial charge in [0, 0.05) is 21.7 Å². The molecule has 18 heavy (non-hydrogen) atoms. The molecule has 1 aromatic carbocycles. The third-order valence-corrected chi connectivity index (χ3v) is 5.29. The summed E-state index contributed by atoms with van der Waals surface area (Å²) in [6.07, 6.45) is 4.29. The van der Waals surface area contributed by atoms with E-state index in [0.29, 0.717) is 6.10 Å². The largest absolute Gasteiger partial charge is 0.392 e. The van der Waals surface area contributed by atoms with Crippen LogP contribution in [0.3, 0.4) is 0 Å². The first-order valence-corrected chi connectivity index (χ1v) is 8.20. The Bertz CT molecular complexity index is 367. The van der Waals surface area contributed by atoms with Crippen LogP contribution in [0.5, 0.6) is 0 Å². The molecule has 1 heterocycles. The van der Waals surface area contributed by atoms with E-state index in [4.69, 9.17) is 4.74 Å². The number of hydrogen-bond acceptors (Lipinski definition) is 3. The van der Waals surface area contributed by atoms with E-state index < -0.39 is 0 Å². The lowest BCUT2D eigenvalue weighted by atomic mass is 10.1. The van der Waals surface area contributed by atoms with Gasteiger partial charge in [0.25, 0.3) is 0 Å². The molecule has 0 aromatic heterocycles. The minimum absolute atomic E-state index is 0.244. The number of ether oxygens (including phenoxy) is 1. The average molecular weight is 331 g/mol. The maximum Gasteiger partial charge on any atom is 0.0635 e. The Hall–Kier alpha value is -0.0300. The molecular formula is C14H19BrO2S. The summed E-state index contributed by atoms with van der Waals surface area (Å²) >= 11 is 5.22. The minimum Gasteiger partial charge on any atom is -0.392 e. The van der Waals surface area contributed by atoms with Gasteiger partial charge in [-0.15, -0.1) is 11.8 Å². The lowest BCUT2D eigenvalue weighted by Crippen LogP contribution is -2.14. The Labute approximate surface area is 121 Å². The number of thioether (sulfide) groups is 1. The van der Waals surface area contributed by atoms with Gasteiger partial charge in [-0.25, -0.2) is 0 Å². The van der Waals surface area contributed by atoms with Crippen molar-refractivity contribution in [2.45, 2.75) is 42.8 Å². The molecule has 0 aliphatic carbocycles. The van der Waals surface area contributed by atoms with Crippen molar-refractivity contribution in [3.63, 3.8) is 0 Å². The van der Waals surface area contributed by atoms with Crippen molar-refractivity contribution >= 4 is 27.7 Å². The van der Waals surface area contributed by atoms with E-state index >= 15 is 0 Å². The zero-order valence-corrected chi connectivity index (χ0v) is 12.8. The average Bonchev–Trinajstić information content (AvgIpc) is 2.88. The third-order valence-electron chi connectivity index (χ3n) is 3.11. The van der Waals surface area contributed by atoms with Gasteiger partial charge in [-0.2, -0.15) is 0 Å². The topological polar surface area (TPSA) is 29.5 Å². The van der Waals surface area contributed by atoms with Crippen LogP contribution in [0.4, 0.5) is 0 Å². The molecule has 0 amide bonds. The van der Waals surface area contributed by atoms with Crippen LogP contribution in [0.15, 0.2) is 33.6 Å². The quantitative estimate of drug-likeness (QED) is 0.803. The Morgan fingerprint density at radius 3 is 3.00 bits per heavy atom. The molecule has 0 saturated carbocycles. The molecule has 0 radical (unpaired) electrons. The van der Waals surface area contributed by atoms with Gasteiger partial charge in [0.05, 0.1) is 12.2 Å². The lowest BCUT2D eigenvalue weighted by molar-refractivity contribution is 0.0861. The van der Waals surface area contributed by atoms with E-state index in [1.54, 1.807) is 11.8 Å². The third kappa shape index (κ3) is 4.57. The number of halogens is 1. The fourth-order valence-corrected chi connectivity index (χ4v) is 3.63. The number of rotatable bonds is 6. The molecule has 0 bridgehead atoms. The van der Waals surface area contributed by atoms with Crippen molar-refractivity contribution in [1.82, 2.24) is 0 Å². The molecule has 1 fully saturated rings. The Morgan fingerprint density at radius 1 is 1.44 bits per heavy atom. The molecule has 100 valence electrons. The van der Waals surface area contributed by atoms with E-state index in [2.05, 4.69) is 22.0 Å². The molecule has 1 aromatic rings. The smallest absolute Gasteiger partial charge is 0.0635 e. The minimum atomic E-state index is -0.244. The normalized spacial score (nSPS) is 21.1. The molecule has 0 spiro atoms. The molecule has 2 atom stereocenters. The highest BCUT2D eigenvalue weighted by atomic mass is 79.9. The second-order valence-corrected chi connectivity index (χ2v) is 6.52. The summed E-state index contributed by atoms with van der Waals surface area (Å²) in [6.45, 7) is 0.895. The van der Waals surface area contributed by atoms with Gasteiger partial charge in [-0.05, 0) is 53.7 Å². The Morgan fingerprint density at radius 2 is 2.28 bits per heavy atom. The van der Waals surface area contributed by atoms with Crippen molar-refractivity contribution < 1.29 is 9.84 Å². The van der Waals surface area contributed by atoms with E-state index in [9.17, 15) is 5.11 Å². The van der Waals surface area contributed by atoms with Crippen molar-refractivity contribution in [3.05, 3.63) is 28.7 Å². The lowest BCUT2D eigenvalue weighted by Gasteiger charge is -2.13. The SMILES string of the molecule is OC(CCC1CCCO1)CSc1ccccc1Br. The van der Waals surface area contributed by atoms with Gasteiger partial charge >= 0.3 is 0 Å². The predicted molar refractivity (Wildman–Crippen MR) is 79.1 cm³/mol. The van der Waals surface area contributed by atoms with Crippen LogP contribution in [0, 0.1) is 0 Å². The summed E-state index contributed by atoms with van der Waals surface area (Å²) in [5, 5.41) is 9.97. The van der Waals surface area contributed by atoms with E-state index in [1.807, 2.05) is 18.2 Å². The van der Waals surface area contributed by atoms with Crippen molar-refractivity contribution in [2.24, 2.45) is 0 Å². The van der Waals surface area contributed by atoms with Crippen molar-refractivity contribution in [2.75, 3.05) is 12.4 Å². The summed E-state index contributed by atoms with van der Waals surface area (Å²) in [7, 11) is 0. The second kappa shape index (κ2) is 7.53. The Balaban J connectivity index is 1.68. The van der Waals surface area contributed by atoms with Gasteiger partial charge in [0.2, 0.25) is 0 Å². The second-order valence-electron chi connectivity index (χ2n) is 4.61. The summed E-state index contributed by atoms with van der Waals surface area (Å²) < 4.78 is 6.66. The summed E-state index contributed by atoms with van der Waals surface area (Å²) in [5.41, 5.74) is 0. The van der Waals surface area contributed by atoms with Gasteiger partial charge in [-0.3, -0.25) is 0 Å². The van der Waals surface area contributed by atoms with Crippen LogP contribution in [0.2, 0.25) is 0 Å². The molecule has 4 heteroatoms. The van der Waals surface area contributed by atoms with Crippen LogP contribution >= 0.6 is 27.7 Å². The molecule has 1 saturated heterocycles. The number of aliphatic hydroxyl groups excluding tert-OH is 1. The molecule has 1 aliphatic rings. The van der Waals surface area contributed by atoms with Crippen LogP contribution in [-0.4, -0.2) is 29.7 Å².